The number of likely N-dealkylation sites (tertiary alicyclic amines) is 1. The van der Waals surface area contributed by atoms with Crippen LogP contribution in [0.2, 0.25) is 0 Å². The van der Waals surface area contributed by atoms with Crippen LogP contribution in [0.1, 0.15) is 56.0 Å². The number of amides is 2. The van der Waals surface area contributed by atoms with Gasteiger partial charge < -0.3 is 19.2 Å². The van der Waals surface area contributed by atoms with Gasteiger partial charge in [0.2, 0.25) is 5.89 Å². The number of nitrogens with one attached hydrogen (secondary N) is 1. The third-order valence-corrected chi connectivity index (χ3v) is 4.92. The number of aryl methyl sites for hydroxylation is 1. The van der Waals surface area contributed by atoms with Gasteiger partial charge in [-0.25, -0.2) is 4.79 Å². The minimum atomic E-state index is -0.108. The van der Waals surface area contributed by atoms with Gasteiger partial charge in [-0.2, -0.15) is 4.98 Å². The third-order valence-electron chi connectivity index (χ3n) is 4.92. The molecule has 1 aromatic carbocycles. The molecule has 3 heterocycles. The van der Waals surface area contributed by atoms with E-state index in [1.807, 2.05) is 49.9 Å². The van der Waals surface area contributed by atoms with Crippen LogP contribution in [0.4, 0.5) is 10.5 Å². The number of nitrogens with zero attached hydrogens (tertiary/aromatic N) is 3. The quantitative estimate of drug-likeness (QED) is 0.727. The number of fused-ring (bicyclic) bond motifs is 1. The lowest BCUT2D eigenvalue weighted by Crippen LogP contribution is -2.41. The zero-order valence-electron chi connectivity index (χ0n) is 15.9. The topological polar surface area (TPSA) is 84.4 Å². The molecule has 3 aromatic rings. The molecule has 1 atom stereocenters. The lowest BCUT2D eigenvalue weighted by Gasteiger charge is -2.31. The lowest BCUT2D eigenvalue weighted by atomic mass is 9.98. The van der Waals surface area contributed by atoms with E-state index in [-0.39, 0.29) is 17.9 Å². The van der Waals surface area contributed by atoms with E-state index in [4.69, 9.17) is 8.94 Å². The fourth-order valence-corrected chi connectivity index (χ4v) is 3.47. The molecule has 1 aliphatic heterocycles. The molecule has 0 spiro atoms. The minimum Gasteiger partial charge on any atom is -0.461 e. The first-order chi connectivity index (χ1) is 13.0. The number of rotatable bonds is 3. The van der Waals surface area contributed by atoms with Gasteiger partial charge in [-0.1, -0.05) is 19.0 Å². The lowest BCUT2D eigenvalue weighted by molar-refractivity contribution is 0.184. The summed E-state index contributed by atoms with van der Waals surface area (Å²) < 4.78 is 11.0. The van der Waals surface area contributed by atoms with Crippen molar-refractivity contribution in [3.05, 3.63) is 41.7 Å². The summed E-state index contributed by atoms with van der Waals surface area (Å²) in [6.45, 7) is 7.29. The number of carbonyl (C=O) groups is 1. The van der Waals surface area contributed by atoms with Gasteiger partial charge in [0.25, 0.3) is 0 Å². The van der Waals surface area contributed by atoms with Crippen molar-refractivity contribution in [1.82, 2.24) is 15.0 Å². The van der Waals surface area contributed by atoms with Gasteiger partial charge in [0.05, 0.1) is 5.92 Å². The molecule has 1 unspecified atom stereocenters. The fourth-order valence-electron chi connectivity index (χ4n) is 3.47. The number of aromatic nitrogens is 2. The Kier molecular flexibility index (Phi) is 4.59. The Labute approximate surface area is 157 Å². The van der Waals surface area contributed by atoms with E-state index in [1.165, 1.54) is 0 Å². The number of hydrogen-bond donors (Lipinski definition) is 1. The summed E-state index contributed by atoms with van der Waals surface area (Å²) in [5.74, 6) is 2.52. The van der Waals surface area contributed by atoms with Crippen molar-refractivity contribution in [2.75, 3.05) is 18.4 Å². The Morgan fingerprint density at radius 3 is 2.96 bits per heavy atom. The molecule has 1 saturated heterocycles. The number of urea groups is 1. The molecule has 0 bridgehead atoms. The van der Waals surface area contributed by atoms with Gasteiger partial charge in [-0.3, -0.25) is 0 Å². The predicted octanol–water partition coefficient (Wildman–Crippen LogP) is 4.66. The highest BCUT2D eigenvalue weighted by Gasteiger charge is 2.29. The molecule has 27 heavy (non-hydrogen) atoms. The van der Waals surface area contributed by atoms with Crippen molar-refractivity contribution in [2.45, 2.75) is 45.4 Å². The van der Waals surface area contributed by atoms with Crippen LogP contribution in [-0.4, -0.2) is 34.2 Å². The Morgan fingerprint density at radius 2 is 2.19 bits per heavy atom. The van der Waals surface area contributed by atoms with Crippen molar-refractivity contribution in [3.63, 3.8) is 0 Å². The van der Waals surface area contributed by atoms with Crippen molar-refractivity contribution in [1.29, 1.82) is 0 Å². The van der Waals surface area contributed by atoms with Crippen molar-refractivity contribution in [3.8, 4) is 0 Å². The number of anilines is 1. The monoisotopic (exact) mass is 368 g/mol. The summed E-state index contributed by atoms with van der Waals surface area (Å²) in [4.78, 5) is 19.0. The molecule has 4 rings (SSSR count). The van der Waals surface area contributed by atoms with Crippen LogP contribution < -0.4 is 5.32 Å². The van der Waals surface area contributed by atoms with Gasteiger partial charge in [0, 0.05) is 30.1 Å². The van der Waals surface area contributed by atoms with Crippen molar-refractivity contribution < 1.29 is 13.7 Å². The fraction of sp³-hybridized carbons (Fsp3) is 0.450. The SMILES string of the molecule is Cc1cc2cc(NC(=O)N3CCCC(c4nc(C(C)C)no4)C3)ccc2o1. The second-order valence-corrected chi connectivity index (χ2v) is 7.47. The molecule has 0 aliphatic carbocycles. The Balaban J connectivity index is 1.44. The van der Waals surface area contributed by atoms with E-state index in [9.17, 15) is 4.79 Å². The van der Waals surface area contributed by atoms with Crippen LogP contribution in [0.25, 0.3) is 11.0 Å². The molecule has 7 heteroatoms. The molecule has 1 N–H and O–H groups in total. The molecule has 2 amide bonds. The molecule has 1 fully saturated rings. The van der Waals surface area contributed by atoms with E-state index in [1.54, 1.807) is 0 Å². The average Bonchev–Trinajstić information content (AvgIpc) is 3.27. The van der Waals surface area contributed by atoms with Gasteiger partial charge in [-0.15, -0.1) is 0 Å². The zero-order valence-corrected chi connectivity index (χ0v) is 15.9. The number of carbonyl (C=O) groups excluding carboxylic acids is 1. The van der Waals surface area contributed by atoms with Gasteiger partial charge in [0.15, 0.2) is 5.82 Å². The summed E-state index contributed by atoms with van der Waals surface area (Å²) in [5, 5.41) is 8.01. The van der Waals surface area contributed by atoms with Crippen LogP contribution in [0.3, 0.4) is 0 Å². The van der Waals surface area contributed by atoms with Crippen molar-refractivity contribution >= 4 is 22.7 Å². The highest BCUT2D eigenvalue weighted by atomic mass is 16.5. The number of benzene rings is 1. The summed E-state index contributed by atoms with van der Waals surface area (Å²) in [6, 6.07) is 7.52. The molecular formula is C20H24N4O3. The highest BCUT2D eigenvalue weighted by molar-refractivity contribution is 5.92. The van der Waals surface area contributed by atoms with Crippen molar-refractivity contribution in [2.24, 2.45) is 0 Å². The summed E-state index contributed by atoms with van der Waals surface area (Å²) >= 11 is 0. The highest BCUT2D eigenvalue weighted by Crippen LogP contribution is 2.28. The number of piperidine rings is 1. The van der Waals surface area contributed by atoms with E-state index < -0.39 is 0 Å². The summed E-state index contributed by atoms with van der Waals surface area (Å²) in [6.07, 6.45) is 1.86. The van der Waals surface area contributed by atoms with Crippen LogP contribution in [0, 0.1) is 6.92 Å². The second-order valence-electron chi connectivity index (χ2n) is 7.47. The van der Waals surface area contributed by atoms with E-state index in [0.717, 1.165) is 47.6 Å². The largest absolute Gasteiger partial charge is 0.461 e. The molecule has 0 radical (unpaired) electrons. The minimum absolute atomic E-state index is 0.0866. The normalized spacial score (nSPS) is 17.6. The predicted molar refractivity (Wildman–Crippen MR) is 102 cm³/mol. The maximum Gasteiger partial charge on any atom is 0.321 e. The van der Waals surface area contributed by atoms with Gasteiger partial charge >= 0.3 is 6.03 Å². The molecular weight excluding hydrogens is 344 g/mol. The van der Waals surface area contributed by atoms with E-state index >= 15 is 0 Å². The average molecular weight is 368 g/mol. The molecule has 1 aliphatic rings. The van der Waals surface area contributed by atoms with E-state index in [2.05, 4.69) is 15.5 Å². The smallest absolute Gasteiger partial charge is 0.321 e. The third kappa shape index (κ3) is 3.67. The Bertz CT molecular complexity index is 959. The number of furan rings is 1. The van der Waals surface area contributed by atoms with Crippen LogP contribution >= 0.6 is 0 Å². The molecule has 142 valence electrons. The van der Waals surface area contributed by atoms with E-state index in [0.29, 0.717) is 12.4 Å². The zero-order chi connectivity index (χ0) is 19.0. The first-order valence-corrected chi connectivity index (χ1v) is 9.39. The number of hydrogen-bond acceptors (Lipinski definition) is 5. The standard InChI is InChI=1S/C20H24N4O3/c1-12(2)18-22-19(27-23-18)14-5-4-8-24(11-14)20(25)21-16-6-7-17-15(10-16)9-13(3)26-17/h6-7,9-10,12,14H,4-5,8,11H2,1-3H3,(H,21,25). The summed E-state index contributed by atoms with van der Waals surface area (Å²) in [5.41, 5.74) is 1.58. The summed E-state index contributed by atoms with van der Waals surface area (Å²) in [7, 11) is 0. The first-order valence-electron chi connectivity index (χ1n) is 9.39. The first kappa shape index (κ1) is 17.6. The van der Waals surface area contributed by atoms with Gasteiger partial charge in [0.1, 0.15) is 11.3 Å². The van der Waals surface area contributed by atoms with Crippen LogP contribution in [-0.2, 0) is 0 Å². The maximum absolute atomic E-state index is 12.7. The van der Waals surface area contributed by atoms with Crippen LogP contribution in [0.15, 0.2) is 33.2 Å². The molecule has 2 aromatic heterocycles. The van der Waals surface area contributed by atoms with Crippen LogP contribution in [0.5, 0.6) is 0 Å². The Hall–Kier alpha value is -2.83. The molecule has 7 nitrogen and oxygen atoms in total. The Morgan fingerprint density at radius 1 is 1.33 bits per heavy atom. The molecule has 0 saturated carbocycles. The second kappa shape index (κ2) is 7.06. The van der Waals surface area contributed by atoms with Gasteiger partial charge in [-0.05, 0) is 44.0 Å². The maximum atomic E-state index is 12.7.